The second kappa shape index (κ2) is 4.41. The second-order valence-corrected chi connectivity index (χ2v) is 5.84. The maximum atomic E-state index is 11.2. The molecule has 0 aliphatic heterocycles. The highest BCUT2D eigenvalue weighted by Gasteiger charge is 2.37. The van der Waals surface area contributed by atoms with E-state index in [0.29, 0.717) is 5.92 Å². The average Bonchev–Trinajstić information content (AvgIpc) is 2.95. The lowest BCUT2D eigenvalue weighted by atomic mass is 9.94. The summed E-state index contributed by atoms with van der Waals surface area (Å²) in [5, 5.41) is 9.18. The van der Waals surface area contributed by atoms with Crippen molar-refractivity contribution in [3.63, 3.8) is 0 Å². The summed E-state index contributed by atoms with van der Waals surface area (Å²) in [7, 11) is 0. The summed E-state index contributed by atoms with van der Waals surface area (Å²) in [5.74, 6) is -0.665. The molecule has 4 heteroatoms. The number of halogens is 2. The second-order valence-electron chi connectivity index (χ2n) is 3.83. The van der Waals surface area contributed by atoms with Crippen molar-refractivity contribution in [2.45, 2.75) is 18.8 Å². The molecule has 1 saturated carbocycles. The van der Waals surface area contributed by atoms with E-state index in [9.17, 15) is 9.90 Å². The molecule has 1 aromatic rings. The summed E-state index contributed by atoms with van der Waals surface area (Å²) >= 11 is 5.62. The Hall–Kier alpha value is -0.100. The van der Waals surface area contributed by atoms with Gasteiger partial charge in [-0.1, -0.05) is 6.07 Å². The SMILES string of the molecule is O=C(O)C(c1ccc(Br)c(I)c1)C1CC1. The highest BCUT2D eigenvalue weighted by molar-refractivity contribution is 14.1. The quantitative estimate of drug-likeness (QED) is 0.813. The molecule has 0 bridgehead atoms. The van der Waals surface area contributed by atoms with Crippen LogP contribution in [0.1, 0.15) is 24.3 Å². The molecular weight excluding hydrogens is 371 g/mol. The van der Waals surface area contributed by atoms with Gasteiger partial charge in [0.15, 0.2) is 0 Å². The summed E-state index contributed by atoms with van der Waals surface area (Å²) in [6.45, 7) is 0. The van der Waals surface area contributed by atoms with Crippen LogP contribution < -0.4 is 0 Å². The first-order valence-corrected chi connectivity index (χ1v) is 6.64. The molecule has 0 aromatic heterocycles. The van der Waals surface area contributed by atoms with Crippen LogP contribution in [0.4, 0.5) is 0 Å². The van der Waals surface area contributed by atoms with Crippen LogP contribution >= 0.6 is 38.5 Å². The van der Waals surface area contributed by atoms with Crippen LogP contribution in [0, 0.1) is 9.49 Å². The molecular formula is C11H10BrIO2. The number of aliphatic carboxylic acids is 1. The first kappa shape index (κ1) is 11.4. The molecule has 2 rings (SSSR count). The smallest absolute Gasteiger partial charge is 0.311 e. The van der Waals surface area contributed by atoms with Crippen LogP contribution in [0.3, 0.4) is 0 Å². The Kier molecular flexibility index (Phi) is 3.35. The van der Waals surface area contributed by atoms with Crippen molar-refractivity contribution < 1.29 is 9.90 Å². The summed E-state index contributed by atoms with van der Waals surface area (Å²) < 4.78 is 2.09. The van der Waals surface area contributed by atoms with Crippen molar-refractivity contribution in [2.75, 3.05) is 0 Å². The number of carbonyl (C=O) groups is 1. The van der Waals surface area contributed by atoms with Crippen molar-refractivity contribution >= 4 is 44.5 Å². The lowest BCUT2D eigenvalue weighted by Crippen LogP contribution is -2.13. The number of hydrogen-bond acceptors (Lipinski definition) is 1. The van der Waals surface area contributed by atoms with Crippen LogP contribution in [0.2, 0.25) is 0 Å². The van der Waals surface area contributed by atoms with Gasteiger partial charge in [0.05, 0.1) is 5.92 Å². The Morgan fingerprint density at radius 3 is 2.67 bits per heavy atom. The molecule has 1 N–H and O–H groups in total. The minimum Gasteiger partial charge on any atom is -0.481 e. The number of rotatable bonds is 3. The maximum Gasteiger partial charge on any atom is 0.311 e. The van der Waals surface area contributed by atoms with E-state index < -0.39 is 5.97 Å². The van der Waals surface area contributed by atoms with Crippen molar-refractivity contribution in [2.24, 2.45) is 5.92 Å². The Morgan fingerprint density at radius 1 is 1.53 bits per heavy atom. The monoisotopic (exact) mass is 380 g/mol. The molecule has 1 aliphatic rings. The molecule has 1 atom stereocenters. The van der Waals surface area contributed by atoms with Crippen LogP contribution in [0.15, 0.2) is 22.7 Å². The molecule has 0 saturated heterocycles. The lowest BCUT2D eigenvalue weighted by Gasteiger charge is -2.12. The van der Waals surface area contributed by atoms with E-state index >= 15 is 0 Å². The Balaban J connectivity index is 2.33. The van der Waals surface area contributed by atoms with Gasteiger partial charge in [-0.25, -0.2) is 0 Å². The fourth-order valence-corrected chi connectivity index (χ4v) is 2.54. The first-order valence-electron chi connectivity index (χ1n) is 4.77. The Bertz CT molecular complexity index is 402. The van der Waals surface area contributed by atoms with Gasteiger partial charge in [-0.05, 0) is 75.0 Å². The predicted octanol–water partition coefficient (Wildman–Crippen LogP) is 3.63. The first-order chi connectivity index (χ1) is 7.09. The molecule has 1 aliphatic carbocycles. The van der Waals surface area contributed by atoms with Gasteiger partial charge in [0, 0.05) is 8.04 Å². The van der Waals surface area contributed by atoms with Gasteiger partial charge in [0.2, 0.25) is 0 Å². The van der Waals surface area contributed by atoms with Crippen molar-refractivity contribution in [3.8, 4) is 0 Å². The van der Waals surface area contributed by atoms with E-state index in [0.717, 1.165) is 26.4 Å². The van der Waals surface area contributed by atoms with E-state index in [-0.39, 0.29) is 5.92 Å². The van der Waals surface area contributed by atoms with Crippen LogP contribution in [-0.4, -0.2) is 11.1 Å². The van der Waals surface area contributed by atoms with Crippen molar-refractivity contribution in [1.82, 2.24) is 0 Å². The highest BCUT2D eigenvalue weighted by atomic mass is 127. The fourth-order valence-electron chi connectivity index (χ4n) is 1.75. The Labute approximate surface area is 110 Å². The summed E-state index contributed by atoms with van der Waals surface area (Å²) in [5.41, 5.74) is 0.928. The molecule has 0 amide bonds. The molecule has 1 aromatic carbocycles. The van der Waals surface area contributed by atoms with Gasteiger partial charge >= 0.3 is 5.97 Å². The molecule has 1 unspecified atom stereocenters. The normalized spacial score (nSPS) is 17.5. The van der Waals surface area contributed by atoms with E-state index in [4.69, 9.17) is 0 Å². The van der Waals surface area contributed by atoms with E-state index in [1.807, 2.05) is 18.2 Å². The fraction of sp³-hybridized carbons (Fsp3) is 0.364. The molecule has 0 radical (unpaired) electrons. The molecule has 0 spiro atoms. The minimum atomic E-state index is -0.698. The minimum absolute atomic E-state index is 0.313. The third-order valence-electron chi connectivity index (χ3n) is 2.66. The zero-order chi connectivity index (χ0) is 11.0. The van der Waals surface area contributed by atoms with Gasteiger partial charge in [0.25, 0.3) is 0 Å². The standard InChI is InChI=1S/C11H10BrIO2/c12-8-4-3-7(5-9(8)13)10(11(14)15)6-1-2-6/h3-6,10H,1-2H2,(H,14,15). The van der Waals surface area contributed by atoms with E-state index in [2.05, 4.69) is 38.5 Å². The van der Waals surface area contributed by atoms with E-state index in [1.54, 1.807) is 0 Å². The van der Waals surface area contributed by atoms with E-state index in [1.165, 1.54) is 0 Å². The van der Waals surface area contributed by atoms with Crippen molar-refractivity contribution in [1.29, 1.82) is 0 Å². The Morgan fingerprint density at radius 2 is 2.20 bits per heavy atom. The molecule has 2 nitrogen and oxygen atoms in total. The van der Waals surface area contributed by atoms with Gasteiger partial charge in [0.1, 0.15) is 0 Å². The van der Waals surface area contributed by atoms with Crippen LogP contribution in [0.5, 0.6) is 0 Å². The third kappa shape index (κ3) is 2.53. The largest absolute Gasteiger partial charge is 0.481 e. The summed E-state index contributed by atoms with van der Waals surface area (Å²) in [6.07, 6.45) is 2.09. The number of hydrogen-bond donors (Lipinski definition) is 1. The zero-order valence-electron chi connectivity index (χ0n) is 7.91. The van der Waals surface area contributed by atoms with Gasteiger partial charge in [-0.15, -0.1) is 0 Å². The van der Waals surface area contributed by atoms with Gasteiger partial charge in [-0.2, -0.15) is 0 Å². The maximum absolute atomic E-state index is 11.2. The van der Waals surface area contributed by atoms with Crippen molar-refractivity contribution in [3.05, 3.63) is 31.8 Å². The average molecular weight is 381 g/mol. The summed E-state index contributed by atoms with van der Waals surface area (Å²) in [4.78, 5) is 11.2. The van der Waals surface area contributed by atoms with Gasteiger partial charge < -0.3 is 5.11 Å². The molecule has 80 valence electrons. The van der Waals surface area contributed by atoms with Crippen LogP contribution in [-0.2, 0) is 4.79 Å². The summed E-state index contributed by atoms with van der Waals surface area (Å²) in [6, 6.07) is 5.79. The number of carboxylic acid groups (broad SMARTS) is 1. The zero-order valence-corrected chi connectivity index (χ0v) is 11.7. The molecule has 1 fully saturated rings. The lowest BCUT2D eigenvalue weighted by molar-refractivity contribution is -0.139. The predicted molar refractivity (Wildman–Crippen MR) is 70.0 cm³/mol. The number of carboxylic acids is 1. The molecule has 15 heavy (non-hydrogen) atoms. The van der Waals surface area contributed by atoms with Crippen LogP contribution in [0.25, 0.3) is 0 Å². The topological polar surface area (TPSA) is 37.3 Å². The third-order valence-corrected chi connectivity index (χ3v) is 4.99. The number of benzene rings is 1. The highest BCUT2D eigenvalue weighted by Crippen LogP contribution is 2.43. The molecule has 0 heterocycles. The van der Waals surface area contributed by atoms with Gasteiger partial charge in [-0.3, -0.25) is 4.79 Å².